The predicted octanol–water partition coefficient (Wildman–Crippen LogP) is 6.73. The van der Waals surface area contributed by atoms with Gasteiger partial charge in [0, 0.05) is 28.1 Å². The molecule has 2 heterocycles. The second-order valence-electron chi connectivity index (χ2n) is 8.80. The van der Waals surface area contributed by atoms with Gasteiger partial charge in [-0.25, -0.2) is 0 Å². The summed E-state index contributed by atoms with van der Waals surface area (Å²) < 4.78 is 6.48. The number of nitrogens with zero attached hydrogens (tertiary/aromatic N) is 2. The van der Waals surface area contributed by atoms with Gasteiger partial charge in [-0.05, 0) is 35.9 Å². The fraction of sp³-hybridized carbons (Fsp3) is 0.111. The molecule has 0 radical (unpaired) electrons. The van der Waals surface area contributed by atoms with E-state index in [1.54, 1.807) is 6.20 Å². The molecule has 150 valence electrons. The van der Waals surface area contributed by atoms with E-state index in [2.05, 4.69) is 61.0 Å². The minimum Gasteiger partial charge on any atom is -0.455 e. The number of para-hydroxylation sites is 1. The van der Waals surface area contributed by atoms with Gasteiger partial charge in [-0.15, -0.1) is 0 Å². The van der Waals surface area contributed by atoms with E-state index >= 15 is 0 Å². The van der Waals surface area contributed by atoms with Crippen molar-refractivity contribution in [2.24, 2.45) is 0 Å². The van der Waals surface area contributed by atoms with Gasteiger partial charge in [0.2, 0.25) is 0 Å². The van der Waals surface area contributed by atoms with Crippen molar-refractivity contribution in [3.05, 3.63) is 84.6 Å². The van der Waals surface area contributed by atoms with Gasteiger partial charge in [-0.2, -0.15) is 5.26 Å². The lowest BCUT2D eigenvalue weighted by Crippen LogP contribution is -2.37. The maximum Gasteiger partial charge on any atom is 0.144 e. The highest BCUT2D eigenvalue weighted by Crippen LogP contribution is 2.40. The predicted molar refractivity (Wildman–Crippen MR) is 130 cm³/mol. The number of hydrogen-bond donors (Lipinski definition) is 0. The van der Waals surface area contributed by atoms with Crippen molar-refractivity contribution in [3.8, 4) is 28.5 Å². The highest BCUT2D eigenvalue weighted by atomic mass is 28.3. The Balaban J connectivity index is 1.80. The summed E-state index contributed by atoms with van der Waals surface area (Å²) in [6.07, 6.45) is 1.79. The standard InChI is InChI=1S/C27H22N2OSi/c1-31(2,3)20-13-10-18(11-14-20)25-19(17-28)12-15-22-21-7-6-8-23(26(21)30-27(22)25)24-9-4-5-16-29-24/h4-16H,1-3H3. The van der Waals surface area contributed by atoms with Gasteiger partial charge in [0.05, 0.1) is 25.4 Å². The molecular weight excluding hydrogens is 396 g/mol. The molecule has 0 fully saturated rings. The Bertz CT molecular complexity index is 1450. The van der Waals surface area contributed by atoms with Crippen LogP contribution in [0.15, 0.2) is 83.4 Å². The Morgan fingerprint density at radius 3 is 2.26 bits per heavy atom. The Labute approximate surface area is 182 Å². The molecular formula is C27H22N2OSi. The van der Waals surface area contributed by atoms with Gasteiger partial charge in [0.15, 0.2) is 0 Å². The number of aromatic nitrogens is 1. The van der Waals surface area contributed by atoms with E-state index in [9.17, 15) is 5.26 Å². The largest absolute Gasteiger partial charge is 0.455 e. The van der Waals surface area contributed by atoms with E-state index in [1.165, 1.54) is 5.19 Å². The van der Waals surface area contributed by atoms with Crippen LogP contribution in [0.2, 0.25) is 19.6 Å². The van der Waals surface area contributed by atoms with Crippen LogP contribution in [0.25, 0.3) is 44.3 Å². The number of rotatable bonds is 3. The van der Waals surface area contributed by atoms with E-state index in [0.29, 0.717) is 5.56 Å². The maximum absolute atomic E-state index is 9.84. The maximum atomic E-state index is 9.84. The monoisotopic (exact) mass is 418 g/mol. The topological polar surface area (TPSA) is 49.8 Å². The average Bonchev–Trinajstić information content (AvgIpc) is 3.17. The van der Waals surface area contributed by atoms with E-state index in [0.717, 1.165) is 44.3 Å². The number of fused-ring (bicyclic) bond motifs is 3. The summed E-state index contributed by atoms with van der Waals surface area (Å²) in [5.74, 6) is 0. The van der Waals surface area contributed by atoms with E-state index in [1.807, 2.05) is 42.5 Å². The minimum atomic E-state index is -1.40. The normalized spacial score (nSPS) is 11.7. The van der Waals surface area contributed by atoms with Gasteiger partial charge in [-0.3, -0.25) is 4.98 Å². The lowest BCUT2D eigenvalue weighted by molar-refractivity contribution is 0.670. The molecule has 4 heteroatoms. The average molecular weight is 419 g/mol. The summed E-state index contributed by atoms with van der Waals surface area (Å²) >= 11 is 0. The molecule has 3 aromatic carbocycles. The van der Waals surface area contributed by atoms with Crippen molar-refractivity contribution in [2.45, 2.75) is 19.6 Å². The molecule has 0 unspecified atom stereocenters. The second-order valence-corrected chi connectivity index (χ2v) is 13.9. The molecule has 0 aliphatic carbocycles. The number of furan rings is 1. The van der Waals surface area contributed by atoms with Crippen molar-refractivity contribution in [2.75, 3.05) is 0 Å². The summed E-state index contributed by atoms with van der Waals surface area (Å²) in [6.45, 7) is 7.01. The Morgan fingerprint density at radius 2 is 1.58 bits per heavy atom. The number of benzene rings is 3. The quantitative estimate of drug-likeness (QED) is 0.305. The van der Waals surface area contributed by atoms with Gasteiger partial charge in [0.25, 0.3) is 0 Å². The first kappa shape index (κ1) is 19.3. The minimum absolute atomic E-state index is 0.617. The molecule has 5 rings (SSSR count). The Morgan fingerprint density at radius 1 is 0.806 bits per heavy atom. The lowest BCUT2D eigenvalue weighted by Gasteiger charge is -2.17. The highest BCUT2D eigenvalue weighted by Gasteiger charge is 2.20. The molecule has 0 aliphatic heterocycles. The molecule has 0 spiro atoms. The first-order valence-corrected chi connectivity index (χ1v) is 13.9. The Hall–Kier alpha value is -3.68. The number of hydrogen-bond acceptors (Lipinski definition) is 3. The zero-order valence-corrected chi connectivity index (χ0v) is 18.8. The van der Waals surface area contributed by atoms with Crippen molar-refractivity contribution in [1.29, 1.82) is 5.26 Å². The van der Waals surface area contributed by atoms with Crippen LogP contribution in [0.4, 0.5) is 0 Å². The smallest absolute Gasteiger partial charge is 0.144 e. The zero-order valence-electron chi connectivity index (χ0n) is 17.8. The fourth-order valence-corrected chi connectivity index (χ4v) is 5.27. The summed E-state index contributed by atoms with van der Waals surface area (Å²) in [6, 6.07) is 26.9. The molecule has 0 bridgehead atoms. The van der Waals surface area contributed by atoms with Crippen LogP contribution in [0, 0.1) is 11.3 Å². The SMILES string of the molecule is C[Si](C)(C)c1ccc(-c2c(C#N)ccc3c2oc2c(-c4ccccn4)cccc23)cc1. The van der Waals surface area contributed by atoms with Crippen molar-refractivity contribution in [1.82, 2.24) is 4.98 Å². The van der Waals surface area contributed by atoms with Crippen LogP contribution in [0.1, 0.15) is 5.56 Å². The Kier molecular flexibility index (Phi) is 4.50. The van der Waals surface area contributed by atoms with Crippen molar-refractivity contribution < 1.29 is 4.42 Å². The van der Waals surface area contributed by atoms with Crippen LogP contribution in [-0.2, 0) is 0 Å². The molecule has 0 atom stereocenters. The summed E-state index contributed by atoms with van der Waals surface area (Å²) in [5, 5.41) is 13.3. The molecule has 2 aromatic heterocycles. The molecule has 31 heavy (non-hydrogen) atoms. The molecule has 0 N–H and O–H groups in total. The zero-order chi connectivity index (χ0) is 21.6. The molecule has 5 aromatic rings. The molecule has 0 saturated heterocycles. The number of pyridine rings is 1. The van der Waals surface area contributed by atoms with Crippen LogP contribution >= 0.6 is 0 Å². The summed E-state index contributed by atoms with van der Waals surface area (Å²) in [7, 11) is -1.40. The van der Waals surface area contributed by atoms with Crippen molar-refractivity contribution in [3.63, 3.8) is 0 Å². The van der Waals surface area contributed by atoms with Crippen LogP contribution in [0.5, 0.6) is 0 Å². The third kappa shape index (κ3) is 3.24. The molecule has 3 nitrogen and oxygen atoms in total. The van der Waals surface area contributed by atoms with Crippen molar-refractivity contribution >= 4 is 35.2 Å². The van der Waals surface area contributed by atoms with E-state index in [4.69, 9.17) is 4.42 Å². The molecule has 0 aliphatic rings. The molecule has 0 saturated carbocycles. The number of nitriles is 1. The summed E-state index contributed by atoms with van der Waals surface area (Å²) in [5.41, 5.74) is 5.84. The third-order valence-corrected chi connectivity index (χ3v) is 7.83. The van der Waals surface area contributed by atoms with Gasteiger partial charge in [-0.1, -0.05) is 67.3 Å². The first-order chi connectivity index (χ1) is 15.0. The highest BCUT2D eigenvalue weighted by molar-refractivity contribution is 6.88. The first-order valence-electron chi connectivity index (χ1n) is 10.4. The lowest BCUT2D eigenvalue weighted by atomic mass is 9.97. The van der Waals surface area contributed by atoms with Gasteiger partial charge < -0.3 is 4.42 Å². The fourth-order valence-electron chi connectivity index (χ4n) is 4.10. The van der Waals surface area contributed by atoms with Crippen LogP contribution in [-0.4, -0.2) is 13.1 Å². The van der Waals surface area contributed by atoms with Crippen LogP contribution < -0.4 is 5.19 Å². The molecule has 0 amide bonds. The van der Waals surface area contributed by atoms with Gasteiger partial charge >= 0.3 is 0 Å². The summed E-state index contributed by atoms with van der Waals surface area (Å²) in [4.78, 5) is 4.51. The second kappa shape index (κ2) is 7.23. The van der Waals surface area contributed by atoms with E-state index in [-0.39, 0.29) is 0 Å². The van der Waals surface area contributed by atoms with Crippen LogP contribution in [0.3, 0.4) is 0 Å². The van der Waals surface area contributed by atoms with Gasteiger partial charge in [0.1, 0.15) is 11.2 Å². The third-order valence-electron chi connectivity index (χ3n) is 5.77. The van der Waals surface area contributed by atoms with E-state index < -0.39 is 8.07 Å².